The van der Waals surface area contributed by atoms with Gasteiger partial charge in [0.1, 0.15) is 0 Å². The third kappa shape index (κ3) is 2.82. The Bertz CT molecular complexity index is 583. The number of benzene rings is 1. The average molecular weight is 273 g/mol. The van der Waals surface area contributed by atoms with Gasteiger partial charge in [0.05, 0.1) is 12.8 Å². The Morgan fingerprint density at radius 1 is 1.25 bits per heavy atom. The molecule has 20 heavy (non-hydrogen) atoms. The van der Waals surface area contributed by atoms with Crippen LogP contribution in [0.4, 0.5) is 5.69 Å². The van der Waals surface area contributed by atoms with E-state index in [2.05, 4.69) is 15.5 Å². The first kappa shape index (κ1) is 14.1. The van der Waals surface area contributed by atoms with Crippen LogP contribution in [0.5, 0.6) is 0 Å². The Labute approximate surface area is 118 Å². The zero-order chi connectivity index (χ0) is 14.7. The van der Waals surface area contributed by atoms with Crippen LogP contribution in [-0.2, 0) is 9.53 Å². The van der Waals surface area contributed by atoms with E-state index in [1.807, 2.05) is 45.0 Å². The lowest BCUT2D eigenvalue weighted by Gasteiger charge is -2.18. The summed E-state index contributed by atoms with van der Waals surface area (Å²) < 4.78 is 4.90. The van der Waals surface area contributed by atoms with E-state index < -0.39 is 6.04 Å². The number of ether oxygens (including phenoxy) is 1. The van der Waals surface area contributed by atoms with Crippen molar-refractivity contribution in [3.63, 3.8) is 0 Å². The van der Waals surface area contributed by atoms with Crippen molar-refractivity contribution in [2.75, 3.05) is 12.4 Å². The summed E-state index contributed by atoms with van der Waals surface area (Å²) in [5.74, 6) is -0.335. The molecular weight excluding hydrogens is 254 g/mol. The zero-order valence-corrected chi connectivity index (χ0v) is 12.2. The van der Waals surface area contributed by atoms with Gasteiger partial charge in [-0.2, -0.15) is 5.10 Å². The summed E-state index contributed by atoms with van der Waals surface area (Å²) in [7, 11) is 1.39. The van der Waals surface area contributed by atoms with Gasteiger partial charge >= 0.3 is 5.97 Å². The molecular formula is C15H19N3O2. The van der Waals surface area contributed by atoms with Gasteiger partial charge in [-0.15, -0.1) is 0 Å². The Morgan fingerprint density at radius 2 is 1.90 bits per heavy atom. The van der Waals surface area contributed by atoms with E-state index in [1.165, 1.54) is 12.7 Å². The molecule has 5 nitrogen and oxygen atoms in total. The normalized spacial score (nSPS) is 12.0. The van der Waals surface area contributed by atoms with Crippen molar-refractivity contribution in [1.82, 2.24) is 10.2 Å². The third-order valence-electron chi connectivity index (χ3n) is 3.27. The van der Waals surface area contributed by atoms with Gasteiger partial charge in [-0.1, -0.05) is 17.7 Å². The van der Waals surface area contributed by atoms with Gasteiger partial charge in [-0.25, -0.2) is 4.79 Å². The predicted molar refractivity (Wildman–Crippen MR) is 77.6 cm³/mol. The van der Waals surface area contributed by atoms with Crippen molar-refractivity contribution in [2.24, 2.45) is 0 Å². The van der Waals surface area contributed by atoms with Crippen molar-refractivity contribution in [3.05, 3.63) is 46.8 Å². The lowest BCUT2D eigenvalue weighted by molar-refractivity contribution is -0.141. The highest BCUT2D eigenvalue weighted by atomic mass is 16.5. The van der Waals surface area contributed by atoms with Crippen LogP contribution in [0, 0.1) is 20.8 Å². The maximum Gasteiger partial charge on any atom is 0.333 e. The van der Waals surface area contributed by atoms with Gasteiger partial charge in [0.15, 0.2) is 6.04 Å². The summed E-state index contributed by atoms with van der Waals surface area (Å²) in [6.07, 6.45) is 0. The molecule has 1 atom stereocenters. The minimum Gasteiger partial charge on any atom is -0.467 e. The van der Waals surface area contributed by atoms with Crippen LogP contribution >= 0.6 is 0 Å². The van der Waals surface area contributed by atoms with E-state index in [4.69, 9.17) is 4.74 Å². The van der Waals surface area contributed by atoms with E-state index in [0.717, 1.165) is 22.6 Å². The van der Waals surface area contributed by atoms with Crippen LogP contribution in [0.1, 0.15) is 28.6 Å². The molecule has 2 aromatic rings. The number of nitrogens with one attached hydrogen (secondary N) is 2. The molecule has 0 aliphatic rings. The summed E-state index contributed by atoms with van der Waals surface area (Å²) in [5.41, 5.74) is 4.51. The zero-order valence-electron chi connectivity index (χ0n) is 12.2. The minimum absolute atomic E-state index is 0.335. The standard InChI is InChI=1S/C15H19N3O2/c1-9-5-7-12(8-6-9)16-14(15(19)20-4)13-10(2)17-18-11(13)3/h5-8,14,16H,1-4H3,(H,17,18). The fourth-order valence-electron chi connectivity index (χ4n) is 2.17. The lowest BCUT2D eigenvalue weighted by Crippen LogP contribution is -2.23. The van der Waals surface area contributed by atoms with Gasteiger partial charge in [-0.3, -0.25) is 5.10 Å². The summed E-state index contributed by atoms with van der Waals surface area (Å²) in [6, 6.07) is 7.30. The van der Waals surface area contributed by atoms with E-state index >= 15 is 0 Å². The van der Waals surface area contributed by atoms with Crippen LogP contribution < -0.4 is 5.32 Å². The lowest BCUT2D eigenvalue weighted by atomic mass is 10.0. The van der Waals surface area contributed by atoms with Gasteiger partial charge in [0, 0.05) is 16.9 Å². The third-order valence-corrected chi connectivity index (χ3v) is 3.27. The highest BCUT2D eigenvalue weighted by Gasteiger charge is 2.26. The molecule has 0 radical (unpaired) electrons. The number of aromatic amines is 1. The Kier molecular flexibility index (Phi) is 4.08. The Morgan fingerprint density at radius 3 is 2.40 bits per heavy atom. The van der Waals surface area contributed by atoms with Gasteiger partial charge in [0.2, 0.25) is 0 Å². The maximum atomic E-state index is 12.1. The molecule has 0 saturated carbocycles. The molecule has 0 fully saturated rings. The molecule has 0 aliphatic heterocycles. The van der Waals surface area contributed by atoms with Gasteiger partial charge in [-0.05, 0) is 32.9 Å². The van der Waals surface area contributed by atoms with Crippen LogP contribution in [0.25, 0.3) is 0 Å². The maximum absolute atomic E-state index is 12.1. The van der Waals surface area contributed by atoms with Crippen LogP contribution in [0.15, 0.2) is 24.3 Å². The second-order valence-electron chi connectivity index (χ2n) is 4.81. The number of carbonyl (C=O) groups excluding carboxylic acids is 1. The van der Waals surface area contributed by atoms with Crippen molar-refractivity contribution in [2.45, 2.75) is 26.8 Å². The number of aromatic nitrogens is 2. The van der Waals surface area contributed by atoms with E-state index in [1.54, 1.807) is 0 Å². The summed E-state index contributed by atoms with van der Waals surface area (Å²) in [5, 5.41) is 10.2. The molecule has 1 aromatic heterocycles. The van der Waals surface area contributed by atoms with Crippen molar-refractivity contribution >= 4 is 11.7 Å². The molecule has 1 unspecified atom stereocenters. The molecule has 0 amide bonds. The molecule has 2 N–H and O–H groups in total. The van der Waals surface area contributed by atoms with Crippen molar-refractivity contribution in [1.29, 1.82) is 0 Å². The van der Waals surface area contributed by atoms with Crippen molar-refractivity contribution < 1.29 is 9.53 Å². The number of esters is 1. The van der Waals surface area contributed by atoms with Gasteiger partial charge < -0.3 is 10.1 Å². The minimum atomic E-state index is -0.568. The first-order valence-electron chi connectivity index (χ1n) is 6.45. The number of rotatable bonds is 4. The molecule has 106 valence electrons. The summed E-state index contributed by atoms with van der Waals surface area (Å²) in [4.78, 5) is 12.1. The van der Waals surface area contributed by atoms with Crippen LogP contribution in [0.3, 0.4) is 0 Å². The quantitative estimate of drug-likeness (QED) is 0.840. The van der Waals surface area contributed by atoms with Crippen LogP contribution in [-0.4, -0.2) is 23.3 Å². The van der Waals surface area contributed by atoms with E-state index in [9.17, 15) is 4.79 Å². The number of hydrogen-bond donors (Lipinski definition) is 2. The monoisotopic (exact) mass is 273 g/mol. The fourth-order valence-corrected chi connectivity index (χ4v) is 2.17. The largest absolute Gasteiger partial charge is 0.467 e. The molecule has 5 heteroatoms. The predicted octanol–water partition coefficient (Wildman–Crippen LogP) is 2.66. The van der Waals surface area contributed by atoms with Crippen LogP contribution in [0.2, 0.25) is 0 Å². The second-order valence-corrected chi connectivity index (χ2v) is 4.81. The topological polar surface area (TPSA) is 67.0 Å². The SMILES string of the molecule is COC(=O)C(Nc1ccc(C)cc1)c1c(C)n[nH]c1C. The Hall–Kier alpha value is -2.30. The van der Waals surface area contributed by atoms with E-state index in [-0.39, 0.29) is 5.97 Å². The summed E-state index contributed by atoms with van der Waals surface area (Å²) in [6.45, 7) is 5.78. The van der Waals surface area contributed by atoms with Gasteiger partial charge in [0.25, 0.3) is 0 Å². The first-order chi connectivity index (χ1) is 9.52. The molecule has 2 rings (SSSR count). The molecule has 0 aliphatic carbocycles. The number of nitrogens with zero attached hydrogens (tertiary/aromatic N) is 1. The second kappa shape index (κ2) is 5.77. The number of methoxy groups -OCH3 is 1. The molecule has 1 aromatic carbocycles. The highest BCUT2D eigenvalue weighted by molar-refractivity contribution is 5.81. The smallest absolute Gasteiger partial charge is 0.333 e. The molecule has 0 spiro atoms. The number of H-pyrrole nitrogens is 1. The molecule has 0 saturated heterocycles. The molecule has 1 heterocycles. The van der Waals surface area contributed by atoms with E-state index in [0.29, 0.717) is 0 Å². The fraction of sp³-hybridized carbons (Fsp3) is 0.333. The number of hydrogen-bond acceptors (Lipinski definition) is 4. The Balaban J connectivity index is 2.34. The number of aryl methyl sites for hydroxylation is 3. The molecule has 0 bridgehead atoms. The number of carbonyl (C=O) groups is 1. The highest BCUT2D eigenvalue weighted by Crippen LogP contribution is 2.25. The first-order valence-corrected chi connectivity index (χ1v) is 6.45. The van der Waals surface area contributed by atoms with Crippen molar-refractivity contribution in [3.8, 4) is 0 Å². The number of anilines is 1. The average Bonchev–Trinajstić information content (AvgIpc) is 2.77. The summed E-state index contributed by atoms with van der Waals surface area (Å²) >= 11 is 0.